The molecule has 0 aliphatic carbocycles. The molecule has 7 nitrogen and oxygen atoms in total. The maximum Gasteiger partial charge on any atom is 0.326 e. The zero-order valence-electron chi connectivity index (χ0n) is 19.1. The number of aliphatic hydroxyl groups is 1. The number of carboxylic acid groups (broad SMARTS) is 1. The molecule has 0 saturated carbocycles. The number of nitrogens with zero attached hydrogens (tertiary/aromatic N) is 1. The van der Waals surface area contributed by atoms with Crippen LogP contribution in [0.5, 0.6) is 0 Å². The van der Waals surface area contributed by atoms with E-state index in [-0.39, 0.29) is 6.61 Å². The van der Waals surface area contributed by atoms with Gasteiger partial charge in [-0.05, 0) is 49.3 Å². The van der Waals surface area contributed by atoms with Crippen molar-refractivity contribution in [3.05, 3.63) is 59.3 Å². The van der Waals surface area contributed by atoms with Crippen molar-refractivity contribution in [1.82, 2.24) is 10.3 Å². The minimum Gasteiger partial charge on any atom is -0.480 e. The highest BCUT2D eigenvalue weighted by atomic mass is 16.4. The second-order valence-corrected chi connectivity index (χ2v) is 8.69. The number of carboxylic acids is 1. The number of aryl methyl sites for hydroxylation is 2. The molecule has 1 aromatic carbocycles. The molecule has 0 radical (unpaired) electrons. The van der Waals surface area contributed by atoms with Crippen LogP contribution in [-0.4, -0.2) is 46.3 Å². The van der Waals surface area contributed by atoms with Crippen molar-refractivity contribution in [2.75, 3.05) is 18.5 Å². The Morgan fingerprint density at radius 1 is 1.03 bits per heavy atom. The van der Waals surface area contributed by atoms with E-state index < -0.39 is 23.8 Å². The summed E-state index contributed by atoms with van der Waals surface area (Å²) in [6.07, 6.45) is 8.38. The van der Waals surface area contributed by atoms with Crippen LogP contribution < -0.4 is 10.6 Å². The Labute approximate surface area is 195 Å². The quantitative estimate of drug-likeness (QED) is 0.344. The lowest BCUT2D eigenvalue weighted by Gasteiger charge is -2.19. The van der Waals surface area contributed by atoms with Gasteiger partial charge < -0.3 is 20.8 Å². The summed E-state index contributed by atoms with van der Waals surface area (Å²) in [4.78, 5) is 28.9. The zero-order chi connectivity index (χ0) is 23.5. The van der Waals surface area contributed by atoms with E-state index in [1.807, 2.05) is 6.07 Å². The lowest BCUT2D eigenvalue weighted by molar-refractivity contribution is -0.142. The van der Waals surface area contributed by atoms with Gasteiger partial charge in [-0.2, -0.15) is 0 Å². The van der Waals surface area contributed by atoms with Gasteiger partial charge >= 0.3 is 5.97 Å². The van der Waals surface area contributed by atoms with Crippen molar-refractivity contribution in [3.8, 4) is 0 Å². The fraction of sp³-hybridized carbons (Fsp3) is 0.500. The topological polar surface area (TPSA) is 112 Å². The molecule has 1 aliphatic heterocycles. The van der Waals surface area contributed by atoms with E-state index in [1.54, 1.807) is 24.3 Å². The first-order valence-corrected chi connectivity index (χ1v) is 12.0. The zero-order valence-corrected chi connectivity index (χ0v) is 19.1. The van der Waals surface area contributed by atoms with Crippen molar-refractivity contribution in [1.29, 1.82) is 0 Å². The Kier molecular flexibility index (Phi) is 9.69. The summed E-state index contributed by atoms with van der Waals surface area (Å²) in [7, 11) is 0. The summed E-state index contributed by atoms with van der Waals surface area (Å²) < 4.78 is 0. The number of aliphatic carboxylic acids is 1. The minimum atomic E-state index is -1.04. The number of anilines is 1. The molecule has 7 heteroatoms. The van der Waals surface area contributed by atoms with Crippen LogP contribution in [0.3, 0.4) is 0 Å². The van der Waals surface area contributed by atoms with Crippen LogP contribution >= 0.6 is 0 Å². The highest BCUT2D eigenvalue weighted by molar-refractivity contribution is 5.88. The number of fused-ring (bicyclic) bond motifs is 1. The average Bonchev–Trinajstić information content (AvgIpc) is 2.83. The average molecular weight is 454 g/mol. The van der Waals surface area contributed by atoms with E-state index in [0.29, 0.717) is 12.0 Å². The van der Waals surface area contributed by atoms with Gasteiger partial charge in [-0.3, -0.25) is 4.79 Å². The van der Waals surface area contributed by atoms with E-state index in [0.717, 1.165) is 69.4 Å². The van der Waals surface area contributed by atoms with E-state index in [9.17, 15) is 19.8 Å². The first-order valence-electron chi connectivity index (χ1n) is 12.0. The molecule has 1 aromatic heterocycles. The number of pyridine rings is 1. The van der Waals surface area contributed by atoms with Crippen LogP contribution in [0, 0.1) is 0 Å². The van der Waals surface area contributed by atoms with Crippen molar-refractivity contribution >= 4 is 17.7 Å². The van der Waals surface area contributed by atoms with Gasteiger partial charge in [0.05, 0.1) is 12.5 Å². The minimum absolute atomic E-state index is 0.364. The standard InChI is InChI=1S/C26H35N3O4/c30-18-22(19-10-5-4-6-11-19)25(31)29-23(26(32)33)14-8-3-1-2-7-13-21-16-15-20-12-9-17-27-24(20)28-21/h4-6,10-11,15-16,22-23,30H,1-3,7-9,12-14,17-18H2,(H,27,28)(H,29,31)(H,32,33)/t22-,23+/m1/s1. The normalized spacial score (nSPS) is 14.6. The maximum absolute atomic E-state index is 12.5. The molecule has 2 aromatic rings. The predicted molar refractivity (Wildman–Crippen MR) is 128 cm³/mol. The van der Waals surface area contributed by atoms with Crippen molar-refractivity contribution in [3.63, 3.8) is 0 Å². The number of unbranched alkanes of at least 4 members (excludes halogenated alkanes) is 4. The van der Waals surface area contributed by atoms with Crippen molar-refractivity contribution in [2.24, 2.45) is 0 Å². The first-order chi connectivity index (χ1) is 16.1. The van der Waals surface area contributed by atoms with Crippen LogP contribution in [0.15, 0.2) is 42.5 Å². The fourth-order valence-electron chi connectivity index (χ4n) is 4.25. The molecule has 2 heterocycles. The van der Waals surface area contributed by atoms with Crippen molar-refractivity contribution in [2.45, 2.75) is 69.7 Å². The summed E-state index contributed by atoms with van der Waals surface area (Å²) in [6, 6.07) is 12.3. The summed E-state index contributed by atoms with van der Waals surface area (Å²) in [5.74, 6) is -1.22. The number of aliphatic hydroxyl groups excluding tert-OH is 1. The molecule has 0 bridgehead atoms. The molecule has 3 rings (SSSR count). The SMILES string of the molecule is O=C(O)[C@H](CCCCCCCc1ccc2c(n1)NCCC2)NC(=O)[C@H](CO)c1ccccc1. The Balaban J connectivity index is 1.35. The molecule has 33 heavy (non-hydrogen) atoms. The van der Waals surface area contributed by atoms with Gasteiger partial charge in [0.1, 0.15) is 11.9 Å². The molecule has 4 N–H and O–H groups in total. The monoisotopic (exact) mass is 453 g/mol. The first kappa shape index (κ1) is 24.7. The van der Waals surface area contributed by atoms with Crippen LogP contribution in [0.4, 0.5) is 5.82 Å². The van der Waals surface area contributed by atoms with E-state index in [4.69, 9.17) is 4.98 Å². The third kappa shape index (κ3) is 7.56. The summed E-state index contributed by atoms with van der Waals surface area (Å²) >= 11 is 0. The predicted octanol–water partition coefficient (Wildman–Crippen LogP) is 3.67. The van der Waals surface area contributed by atoms with Gasteiger partial charge in [0, 0.05) is 12.2 Å². The summed E-state index contributed by atoms with van der Waals surface area (Å²) in [6.45, 7) is 0.630. The van der Waals surface area contributed by atoms with Gasteiger partial charge in [0.2, 0.25) is 5.91 Å². The van der Waals surface area contributed by atoms with E-state index >= 15 is 0 Å². The van der Waals surface area contributed by atoms with E-state index in [2.05, 4.69) is 22.8 Å². The lowest BCUT2D eigenvalue weighted by Crippen LogP contribution is -2.43. The third-order valence-corrected chi connectivity index (χ3v) is 6.19. The largest absolute Gasteiger partial charge is 0.480 e. The molecule has 178 valence electrons. The maximum atomic E-state index is 12.5. The molecule has 1 aliphatic rings. The van der Waals surface area contributed by atoms with E-state index in [1.165, 1.54) is 5.56 Å². The van der Waals surface area contributed by atoms with Crippen LogP contribution in [0.2, 0.25) is 0 Å². The number of carbonyl (C=O) groups is 2. The number of nitrogens with one attached hydrogen (secondary N) is 2. The lowest BCUT2D eigenvalue weighted by atomic mass is 9.98. The number of aromatic nitrogens is 1. The molecule has 2 atom stereocenters. The second kappa shape index (κ2) is 12.9. The van der Waals surface area contributed by atoms with Crippen LogP contribution in [0.25, 0.3) is 0 Å². The highest BCUT2D eigenvalue weighted by Crippen LogP contribution is 2.21. The third-order valence-electron chi connectivity index (χ3n) is 6.19. The molecule has 1 amide bonds. The Morgan fingerprint density at radius 3 is 2.55 bits per heavy atom. The smallest absolute Gasteiger partial charge is 0.326 e. The second-order valence-electron chi connectivity index (χ2n) is 8.69. The Hall–Kier alpha value is -2.93. The molecular weight excluding hydrogens is 418 g/mol. The molecular formula is C26H35N3O4. The van der Waals surface area contributed by atoms with Gasteiger partial charge in [-0.15, -0.1) is 0 Å². The van der Waals surface area contributed by atoms with Crippen LogP contribution in [0.1, 0.15) is 67.7 Å². The fourth-order valence-corrected chi connectivity index (χ4v) is 4.25. The molecule has 0 fully saturated rings. The molecule has 0 spiro atoms. The number of hydrogen-bond acceptors (Lipinski definition) is 5. The van der Waals surface area contributed by atoms with Gasteiger partial charge in [-0.1, -0.05) is 62.1 Å². The number of carbonyl (C=O) groups excluding carboxylic acids is 1. The Morgan fingerprint density at radius 2 is 1.79 bits per heavy atom. The number of hydrogen-bond donors (Lipinski definition) is 4. The van der Waals surface area contributed by atoms with Gasteiger partial charge in [0.25, 0.3) is 0 Å². The Bertz CT molecular complexity index is 904. The van der Waals surface area contributed by atoms with Crippen molar-refractivity contribution < 1.29 is 19.8 Å². The highest BCUT2D eigenvalue weighted by Gasteiger charge is 2.25. The van der Waals surface area contributed by atoms with Crippen LogP contribution in [-0.2, 0) is 22.4 Å². The number of amides is 1. The molecule has 0 saturated heterocycles. The number of rotatable bonds is 13. The number of benzene rings is 1. The molecule has 0 unspecified atom stereocenters. The van der Waals surface area contributed by atoms with Gasteiger partial charge in [-0.25, -0.2) is 9.78 Å². The van der Waals surface area contributed by atoms with Gasteiger partial charge in [0.15, 0.2) is 0 Å². The summed E-state index contributed by atoms with van der Waals surface area (Å²) in [5, 5.41) is 25.1. The summed E-state index contributed by atoms with van der Waals surface area (Å²) in [5.41, 5.74) is 3.10.